The second-order valence-corrected chi connectivity index (χ2v) is 9.16. The third-order valence-electron chi connectivity index (χ3n) is 4.75. The van der Waals surface area contributed by atoms with Crippen molar-refractivity contribution in [3.8, 4) is 5.75 Å². The molecule has 0 atom stereocenters. The van der Waals surface area contributed by atoms with E-state index in [0.717, 1.165) is 24.2 Å². The van der Waals surface area contributed by atoms with E-state index in [9.17, 15) is 13.2 Å². The Kier molecular flexibility index (Phi) is 9.17. The molecule has 2 rings (SSSR count). The van der Waals surface area contributed by atoms with Crippen LogP contribution in [0.3, 0.4) is 0 Å². The number of carbonyl (C=O) groups excluding carboxylic acids is 1. The molecule has 0 aromatic heterocycles. The molecule has 164 valence electrons. The van der Waals surface area contributed by atoms with Crippen LogP contribution in [0.5, 0.6) is 5.75 Å². The van der Waals surface area contributed by atoms with Crippen molar-refractivity contribution in [3.63, 3.8) is 0 Å². The normalized spacial score (nSPS) is 11.2. The van der Waals surface area contributed by atoms with Crippen LogP contribution < -0.4 is 14.4 Å². The summed E-state index contributed by atoms with van der Waals surface area (Å²) in [5, 5.41) is 2.92. The Hall–Kier alpha value is -2.54. The molecule has 1 amide bonds. The molecule has 0 spiro atoms. The summed E-state index contributed by atoms with van der Waals surface area (Å²) in [4.78, 5) is 12.1. The van der Waals surface area contributed by atoms with Crippen molar-refractivity contribution < 1.29 is 17.9 Å². The molecule has 0 aliphatic heterocycles. The summed E-state index contributed by atoms with van der Waals surface area (Å²) >= 11 is 0. The molecule has 0 saturated carbocycles. The van der Waals surface area contributed by atoms with Crippen LogP contribution in [0, 0.1) is 6.92 Å². The lowest BCUT2D eigenvalue weighted by Gasteiger charge is -2.24. The zero-order valence-corrected chi connectivity index (χ0v) is 18.9. The van der Waals surface area contributed by atoms with E-state index >= 15 is 0 Å². The smallest absolute Gasteiger partial charge is 0.232 e. The van der Waals surface area contributed by atoms with Crippen molar-refractivity contribution in [1.82, 2.24) is 5.32 Å². The average Bonchev–Trinajstić information content (AvgIpc) is 2.70. The molecule has 0 aliphatic carbocycles. The number of para-hydroxylation sites is 1. The fourth-order valence-corrected chi connectivity index (χ4v) is 4.24. The standard InChI is InChI=1S/C23H32N2O4S/c1-4-29-21-15-13-20(14-16-21)10-7-17-24-23(26)12-8-18-25(30(3,27)28)22-11-6-5-9-19(22)2/h5-6,9,11,13-16H,4,7-8,10,12,17-18H2,1-3H3,(H,24,26). The Morgan fingerprint density at radius 1 is 1.07 bits per heavy atom. The number of sulfonamides is 1. The lowest BCUT2D eigenvalue weighted by molar-refractivity contribution is -0.121. The number of benzene rings is 2. The van der Waals surface area contributed by atoms with Crippen molar-refractivity contribution in [2.75, 3.05) is 30.3 Å². The Labute approximate surface area is 180 Å². The van der Waals surface area contributed by atoms with Gasteiger partial charge in [-0.15, -0.1) is 0 Å². The number of anilines is 1. The Morgan fingerprint density at radius 3 is 2.40 bits per heavy atom. The molecule has 2 aromatic carbocycles. The molecular formula is C23H32N2O4S. The number of aryl methyl sites for hydroxylation is 2. The molecule has 0 unspecified atom stereocenters. The predicted molar refractivity (Wildman–Crippen MR) is 122 cm³/mol. The van der Waals surface area contributed by atoms with Gasteiger partial charge in [0.15, 0.2) is 0 Å². The SMILES string of the molecule is CCOc1ccc(CCCNC(=O)CCCN(c2ccccc2C)S(C)(=O)=O)cc1. The van der Waals surface area contributed by atoms with Gasteiger partial charge in [0.1, 0.15) is 5.75 Å². The highest BCUT2D eigenvalue weighted by atomic mass is 32.2. The van der Waals surface area contributed by atoms with E-state index < -0.39 is 10.0 Å². The Bertz CT molecular complexity index is 911. The summed E-state index contributed by atoms with van der Waals surface area (Å²) in [5.74, 6) is 0.809. The van der Waals surface area contributed by atoms with Gasteiger partial charge < -0.3 is 10.1 Å². The minimum atomic E-state index is -3.40. The number of carbonyl (C=O) groups is 1. The van der Waals surface area contributed by atoms with Crippen LogP contribution in [-0.2, 0) is 21.2 Å². The first-order valence-electron chi connectivity index (χ1n) is 10.3. The Balaban J connectivity index is 1.72. The Morgan fingerprint density at radius 2 is 1.77 bits per heavy atom. The van der Waals surface area contributed by atoms with Gasteiger partial charge in [-0.05, 0) is 62.4 Å². The molecule has 1 N–H and O–H groups in total. The topological polar surface area (TPSA) is 75.7 Å². The molecule has 0 saturated heterocycles. The number of hydrogen-bond acceptors (Lipinski definition) is 4. The van der Waals surface area contributed by atoms with Crippen LogP contribution in [0.15, 0.2) is 48.5 Å². The number of nitrogens with zero attached hydrogens (tertiary/aromatic N) is 1. The number of hydrogen-bond donors (Lipinski definition) is 1. The van der Waals surface area contributed by atoms with E-state index in [-0.39, 0.29) is 12.5 Å². The van der Waals surface area contributed by atoms with Gasteiger partial charge in [-0.1, -0.05) is 30.3 Å². The average molecular weight is 433 g/mol. The molecule has 0 radical (unpaired) electrons. The minimum absolute atomic E-state index is 0.0556. The lowest BCUT2D eigenvalue weighted by Crippen LogP contribution is -2.32. The number of amides is 1. The first kappa shape index (κ1) is 23.7. The predicted octanol–water partition coefficient (Wildman–Crippen LogP) is 3.69. The fraction of sp³-hybridized carbons (Fsp3) is 0.435. The van der Waals surface area contributed by atoms with Crippen LogP contribution >= 0.6 is 0 Å². The molecule has 30 heavy (non-hydrogen) atoms. The van der Waals surface area contributed by atoms with Gasteiger partial charge in [0.05, 0.1) is 18.6 Å². The first-order chi connectivity index (χ1) is 14.3. The van der Waals surface area contributed by atoms with E-state index in [0.29, 0.717) is 31.7 Å². The van der Waals surface area contributed by atoms with Gasteiger partial charge in [0.25, 0.3) is 0 Å². The van der Waals surface area contributed by atoms with Gasteiger partial charge >= 0.3 is 0 Å². The summed E-state index contributed by atoms with van der Waals surface area (Å²) in [7, 11) is -3.40. The van der Waals surface area contributed by atoms with Gasteiger partial charge in [-0.25, -0.2) is 8.42 Å². The number of ether oxygens (including phenoxy) is 1. The summed E-state index contributed by atoms with van der Waals surface area (Å²) in [6.45, 7) is 5.36. The molecule has 0 bridgehead atoms. The molecule has 2 aromatic rings. The number of nitrogens with one attached hydrogen (secondary N) is 1. The summed E-state index contributed by atoms with van der Waals surface area (Å²) in [5.41, 5.74) is 2.76. The summed E-state index contributed by atoms with van der Waals surface area (Å²) in [6.07, 6.45) is 3.67. The van der Waals surface area contributed by atoms with Crippen LogP contribution in [0.2, 0.25) is 0 Å². The first-order valence-corrected chi connectivity index (χ1v) is 12.2. The van der Waals surface area contributed by atoms with Crippen LogP contribution in [0.1, 0.15) is 37.3 Å². The van der Waals surface area contributed by atoms with Crippen molar-refractivity contribution in [2.45, 2.75) is 39.5 Å². The zero-order valence-electron chi connectivity index (χ0n) is 18.1. The fourth-order valence-electron chi connectivity index (χ4n) is 3.22. The maximum Gasteiger partial charge on any atom is 0.232 e. The van der Waals surface area contributed by atoms with Gasteiger partial charge in [0, 0.05) is 19.5 Å². The minimum Gasteiger partial charge on any atom is -0.494 e. The van der Waals surface area contributed by atoms with Gasteiger partial charge in [0.2, 0.25) is 15.9 Å². The molecule has 0 heterocycles. The highest BCUT2D eigenvalue weighted by Crippen LogP contribution is 2.22. The van der Waals surface area contributed by atoms with Crippen LogP contribution in [0.4, 0.5) is 5.69 Å². The third kappa shape index (κ3) is 7.71. The van der Waals surface area contributed by atoms with Gasteiger partial charge in [-0.3, -0.25) is 9.10 Å². The second kappa shape index (κ2) is 11.6. The quantitative estimate of drug-likeness (QED) is 0.519. The largest absolute Gasteiger partial charge is 0.494 e. The van der Waals surface area contributed by atoms with Crippen LogP contribution in [-0.4, -0.2) is 40.3 Å². The monoisotopic (exact) mass is 432 g/mol. The third-order valence-corrected chi connectivity index (χ3v) is 5.93. The summed E-state index contributed by atoms with van der Waals surface area (Å²) in [6, 6.07) is 15.4. The maximum atomic E-state index is 12.2. The highest BCUT2D eigenvalue weighted by Gasteiger charge is 2.18. The molecule has 0 aliphatic rings. The van der Waals surface area contributed by atoms with E-state index in [1.807, 2.05) is 56.3 Å². The zero-order chi connectivity index (χ0) is 22.0. The summed E-state index contributed by atoms with van der Waals surface area (Å²) < 4.78 is 31.2. The van der Waals surface area contributed by atoms with E-state index in [1.165, 1.54) is 16.1 Å². The van der Waals surface area contributed by atoms with Crippen molar-refractivity contribution in [2.24, 2.45) is 0 Å². The van der Waals surface area contributed by atoms with E-state index in [4.69, 9.17) is 4.74 Å². The van der Waals surface area contributed by atoms with Crippen molar-refractivity contribution >= 4 is 21.6 Å². The molecule has 6 nitrogen and oxygen atoms in total. The molecule has 7 heteroatoms. The van der Waals surface area contributed by atoms with Crippen molar-refractivity contribution in [1.29, 1.82) is 0 Å². The van der Waals surface area contributed by atoms with Crippen molar-refractivity contribution in [3.05, 3.63) is 59.7 Å². The molecule has 0 fully saturated rings. The van der Waals surface area contributed by atoms with E-state index in [2.05, 4.69) is 5.32 Å². The highest BCUT2D eigenvalue weighted by molar-refractivity contribution is 7.92. The van der Waals surface area contributed by atoms with Crippen LogP contribution in [0.25, 0.3) is 0 Å². The van der Waals surface area contributed by atoms with Gasteiger partial charge in [-0.2, -0.15) is 0 Å². The van der Waals surface area contributed by atoms with E-state index in [1.54, 1.807) is 6.07 Å². The molecular weight excluding hydrogens is 400 g/mol. The lowest BCUT2D eigenvalue weighted by atomic mass is 10.1. The maximum absolute atomic E-state index is 12.2. The number of rotatable bonds is 12. The second-order valence-electron chi connectivity index (χ2n) is 7.26.